The molecule has 1 saturated carbocycles. The molecular weight excluding hydrogens is 143 g/mol. The first-order valence-corrected chi connectivity index (χ1v) is 3.65. The summed E-state index contributed by atoms with van der Waals surface area (Å²) in [7, 11) is 0. The van der Waals surface area contributed by atoms with Crippen molar-refractivity contribution in [3.05, 3.63) is 0 Å². The summed E-state index contributed by atoms with van der Waals surface area (Å²) in [6.45, 7) is 4.04. The number of rotatable bonds is 1. The van der Waals surface area contributed by atoms with Crippen molar-refractivity contribution in [3.63, 3.8) is 0 Å². The predicted octanol–water partition coefficient (Wildman–Crippen LogP) is 2.84. The molecule has 0 aliphatic heterocycles. The third kappa shape index (κ3) is 1.29. The molecule has 1 aliphatic rings. The molecule has 0 nitrogen and oxygen atoms in total. The molecule has 0 unspecified atom stereocenters. The summed E-state index contributed by atoms with van der Waals surface area (Å²) < 4.78 is -0.473. The van der Waals surface area contributed by atoms with Crippen LogP contribution in [0.15, 0.2) is 0 Å². The molecule has 1 rings (SSSR count). The van der Waals surface area contributed by atoms with E-state index in [-0.39, 0.29) is 0 Å². The number of hydrogen-bond donors (Lipinski definition) is 0. The molecule has 0 aromatic carbocycles. The summed E-state index contributed by atoms with van der Waals surface area (Å²) in [5.74, 6) is 1.29. The van der Waals surface area contributed by atoms with Crippen molar-refractivity contribution in [3.8, 4) is 0 Å². The van der Waals surface area contributed by atoms with E-state index in [1.807, 2.05) is 6.92 Å². The van der Waals surface area contributed by atoms with E-state index in [2.05, 4.69) is 6.92 Å². The van der Waals surface area contributed by atoms with Crippen LogP contribution in [-0.2, 0) is 0 Å². The second-order valence-corrected chi connectivity index (χ2v) is 4.54. The molecule has 8 heavy (non-hydrogen) atoms. The van der Waals surface area contributed by atoms with E-state index in [1.165, 1.54) is 6.42 Å². The van der Waals surface area contributed by atoms with Crippen LogP contribution in [0.4, 0.5) is 0 Å². The smallest absolute Gasteiger partial charge is 0.102 e. The minimum atomic E-state index is -0.473. The summed E-state index contributed by atoms with van der Waals surface area (Å²) in [5.41, 5.74) is 0. The van der Waals surface area contributed by atoms with Crippen molar-refractivity contribution in [2.24, 2.45) is 11.8 Å². The number of halogens is 2. The maximum atomic E-state index is 5.79. The molecule has 0 saturated heterocycles. The van der Waals surface area contributed by atoms with Gasteiger partial charge < -0.3 is 0 Å². The van der Waals surface area contributed by atoms with Crippen LogP contribution in [-0.4, -0.2) is 4.33 Å². The Morgan fingerprint density at radius 1 is 1.50 bits per heavy atom. The van der Waals surface area contributed by atoms with Crippen molar-refractivity contribution in [1.29, 1.82) is 0 Å². The normalized spacial score (nSPS) is 37.5. The lowest BCUT2D eigenvalue weighted by molar-refractivity contribution is 0.680. The molecule has 0 amide bonds. The van der Waals surface area contributed by atoms with E-state index in [4.69, 9.17) is 23.2 Å². The van der Waals surface area contributed by atoms with Gasteiger partial charge in [0.25, 0.3) is 0 Å². The van der Waals surface area contributed by atoms with Crippen LogP contribution >= 0.6 is 23.2 Å². The third-order valence-corrected chi connectivity index (χ3v) is 2.32. The molecule has 2 heteroatoms. The van der Waals surface area contributed by atoms with E-state index >= 15 is 0 Å². The van der Waals surface area contributed by atoms with E-state index in [0.717, 1.165) is 5.92 Å². The molecular formula is C6H10Cl2. The van der Waals surface area contributed by atoms with Crippen LogP contribution in [0, 0.1) is 11.8 Å². The van der Waals surface area contributed by atoms with Crippen LogP contribution in [0.5, 0.6) is 0 Å². The minimum absolute atomic E-state index is 0.473. The Morgan fingerprint density at radius 2 is 1.88 bits per heavy atom. The highest BCUT2D eigenvalue weighted by Crippen LogP contribution is 2.50. The molecule has 0 radical (unpaired) electrons. The molecule has 0 bridgehead atoms. The van der Waals surface area contributed by atoms with Gasteiger partial charge in [-0.3, -0.25) is 0 Å². The van der Waals surface area contributed by atoms with Gasteiger partial charge in [-0.1, -0.05) is 6.92 Å². The monoisotopic (exact) mass is 152 g/mol. The number of alkyl halides is 2. The second kappa shape index (κ2) is 1.78. The van der Waals surface area contributed by atoms with Crippen molar-refractivity contribution in [1.82, 2.24) is 0 Å². The van der Waals surface area contributed by atoms with E-state index in [0.29, 0.717) is 5.92 Å². The molecule has 0 aromatic rings. The van der Waals surface area contributed by atoms with Crippen LogP contribution in [0.3, 0.4) is 0 Å². The Hall–Kier alpha value is 0.580. The largest absolute Gasteiger partial charge is 0.118 e. The van der Waals surface area contributed by atoms with Crippen molar-refractivity contribution in [2.45, 2.75) is 24.6 Å². The van der Waals surface area contributed by atoms with Gasteiger partial charge in [0.2, 0.25) is 0 Å². The molecule has 1 aliphatic carbocycles. The van der Waals surface area contributed by atoms with E-state index < -0.39 is 4.33 Å². The Morgan fingerprint density at radius 3 is 1.88 bits per heavy atom. The maximum Gasteiger partial charge on any atom is 0.118 e. The summed E-state index contributed by atoms with van der Waals surface area (Å²) in [6.07, 6.45) is 1.20. The van der Waals surface area contributed by atoms with Gasteiger partial charge >= 0.3 is 0 Å². The first-order chi connectivity index (χ1) is 3.52. The summed E-state index contributed by atoms with van der Waals surface area (Å²) in [5, 5.41) is 0. The fourth-order valence-corrected chi connectivity index (χ4v) is 1.64. The highest BCUT2D eigenvalue weighted by Gasteiger charge is 2.45. The van der Waals surface area contributed by atoms with Gasteiger partial charge in [0, 0.05) is 0 Å². The lowest BCUT2D eigenvalue weighted by atomic mass is 10.2. The van der Waals surface area contributed by atoms with Gasteiger partial charge in [0.1, 0.15) is 4.33 Å². The fraction of sp³-hybridized carbons (Fsp3) is 1.00. The van der Waals surface area contributed by atoms with E-state index in [1.54, 1.807) is 0 Å². The molecule has 0 aromatic heterocycles. The maximum absolute atomic E-state index is 5.79. The lowest BCUT2D eigenvalue weighted by Gasteiger charge is -2.10. The average molecular weight is 153 g/mol. The first-order valence-electron chi connectivity index (χ1n) is 2.89. The number of hydrogen-bond acceptors (Lipinski definition) is 0. The van der Waals surface area contributed by atoms with Crippen molar-refractivity contribution >= 4 is 23.2 Å². The van der Waals surface area contributed by atoms with E-state index in [9.17, 15) is 0 Å². The SMILES string of the molecule is C[C@H]1C[C@@H]1C(C)(Cl)Cl. The zero-order valence-corrected chi connectivity index (χ0v) is 6.63. The minimum Gasteiger partial charge on any atom is -0.102 e. The zero-order valence-electron chi connectivity index (χ0n) is 5.12. The molecule has 0 heterocycles. The Bertz CT molecular complexity index is 93.2. The standard InChI is InChI=1S/C6H10Cl2/c1-4-3-5(4)6(2,7)8/h4-5H,3H2,1-2H3/t4-,5-/m0/s1. The summed E-state index contributed by atoms with van der Waals surface area (Å²) >= 11 is 11.6. The summed E-state index contributed by atoms with van der Waals surface area (Å²) in [6, 6.07) is 0. The first kappa shape index (κ1) is 6.70. The van der Waals surface area contributed by atoms with Gasteiger partial charge in [0.05, 0.1) is 0 Å². The Kier molecular flexibility index (Phi) is 1.49. The molecule has 48 valence electrons. The zero-order chi connectivity index (χ0) is 6.36. The average Bonchev–Trinajstić information content (AvgIpc) is 2.13. The van der Waals surface area contributed by atoms with Crippen LogP contribution in [0.25, 0.3) is 0 Å². The van der Waals surface area contributed by atoms with Gasteiger partial charge in [-0.2, -0.15) is 0 Å². The Balaban J connectivity index is 2.39. The van der Waals surface area contributed by atoms with Crippen molar-refractivity contribution in [2.75, 3.05) is 0 Å². The van der Waals surface area contributed by atoms with Crippen LogP contribution in [0.2, 0.25) is 0 Å². The van der Waals surface area contributed by atoms with Crippen molar-refractivity contribution < 1.29 is 0 Å². The van der Waals surface area contributed by atoms with Gasteiger partial charge in [-0.05, 0) is 25.2 Å². The highest BCUT2D eigenvalue weighted by atomic mass is 35.5. The van der Waals surface area contributed by atoms with Crippen LogP contribution in [0.1, 0.15) is 20.3 Å². The molecule has 1 fully saturated rings. The lowest BCUT2D eigenvalue weighted by Crippen LogP contribution is -2.09. The fourth-order valence-electron chi connectivity index (χ4n) is 1.03. The molecule has 0 spiro atoms. The predicted molar refractivity (Wildman–Crippen MR) is 37.4 cm³/mol. The second-order valence-electron chi connectivity index (χ2n) is 2.78. The van der Waals surface area contributed by atoms with Gasteiger partial charge in [0.15, 0.2) is 0 Å². The quantitative estimate of drug-likeness (QED) is 0.508. The van der Waals surface area contributed by atoms with Gasteiger partial charge in [-0.25, -0.2) is 0 Å². The highest BCUT2D eigenvalue weighted by molar-refractivity contribution is 6.48. The third-order valence-electron chi connectivity index (χ3n) is 1.76. The topological polar surface area (TPSA) is 0 Å². The molecule has 0 N–H and O–H groups in total. The molecule has 2 atom stereocenters. The Labute approximate surface area is 60.2 Å². The van der Waals surface area contributed by atoms with Gasteiger partial charge in [-0.15, -0.1) is 23.2 Å². The summed E-state index contributed by atoms with van der Waals surface area (Å²) in [4.78, 5) is 0. The van der Waals surface area contributed by atoms with Crippen LogP contribution < -0.4 is 0 Å².